The molecular weight excluding hydrogens is 268 g/mol. The van der Waals surface area contributed by atoms with Gasteiger partial charge in [0.05, 0.1) is 12.5 Å². The molecule has 0 unspecified atom stereocenters. The minimum absolute atomic E-state index is 0.367. The highest BCUT2D eigenvalue weighted by molar-refractivity contribution is 5.53. The highest BCUT2D eigenvalue weighted by Crippen LogP contribution is 2.27. The first-order valence-electron chi connectivity index (χ1n) is 7.67. The normalized spacial score (nSPS) is 16.7. The molecule has 0 saturated carbocycles. The second-order valence-corrected chi connectivity index (χ2v) is 5.51. The van der Waals surface area contributed by atoms with Crippen LogP contribution in [0.3, 0.4) is 0 Å². The smallest absolute Gasteiger partial charge is 0.0643 e. The first-order valence-corrected chi connectivity index (χ1v) is 7.67. The number of hydrogen-bond acceptors (Lipinski definition) is 2. The molecule has 0 amide bonds. The Labute approximate surface area is 132 Å². The molecule has 2 aromatic carbocycles. The Morgan fingerprint density at radius 3 is 2.32 bits per heavy atom. The third-order valence-corrected chi connectivity index (χ3v) is 4.03. The van der Waals surface area contributed by atoms with Crippen LogP contribution in [-0.4, -0.2) is 12.6 Å². The summed E-state index contributed by atoms with van der Waals surface area (Å²) in [4.78, 5) is 2.34. The number of rotatable bonds is 2. The third kappa shape index (κ3) is 3.30. The Balaban J connectivity index is 1.74. The van der Waals surface area contributed by atoms with Crippen molar-refractivity contribution in [3.63, 3.8) is 0 Å². The molecule has 1 aliphatic heterocycles. The molecule has 1 saturated heterocycles. The summed E-state index contributed by atoms with van der Waals surface area (Å²) in [5.41, 5.74) is 3.24. The molecule has 2 nitrogen and oxygen atoms in total. The van der Waals surface area contributed by atoms with Crippen LogP contribution < -0.4 is 4.90 Å². The van der Waals surface area contributed by atoms with E-state index in [0.717, 1.165) is 24.1 Å². The summed E-state index contributed by atoms with van der Waals surface area (Å²) < 4.78 is 0. The van der Waals surface area contributed by atoms with E-state index in [9.17, 15) is 0 Å². The van der Waals surface area contributed by atoms with Crippen LogP contribution >= 0.6 is 0 Å². The van der Waals surface area contributed by atoms with Gasteiger partial charge in [0.25, 0.3) is 0 Å². The second-order valence-electron chi connectivity index (χ2n) is 5.51. The van der Waals surface area contributed by atoms with Crippen molar-refractivity contribution in [1.82, 2.24) is 0 Å². The van der Waals surface area contributed by atoms with Crippen LogP contribution in [-0.2, 0) is 0 Å². The van der Waals surface area contributed by atoms with Crippen molar-refractivity contribution in [1.29, 1.82) is 5.26 Å². The van der Waals surface area contributed by atoms with E-state index < -0.39 is 0 Å². The first kappa shape index (κ1) is 14.2. The fourth-order valence-electron chi connectivity index (χ4n) is 2.90. The fraction of sp³-hybridized carbons (Fsp3) is 0.250. The Hall–Kier alpha value is -2.71. The lowest BCUT2D eigenvalue weighted by molar-refractivity contribution is 0.683. The van der Waals surface area contributed by atoms with Gasteiger partial charge in [0.2, 0.25) is 0 Å². The lowest BCUT2D eigenvalue weighted by Gasteiger charge is -2.25. The molecule has 0 N–H and O–H groups in total. The number of anilines is 1. The molecule has 1 fully saturated rings. The summed E-state index contributed by atoms with van der Waals surface area (Å²) in [5, 5.41) is 8.92. The van der Waals surface area contributed by atoms with Crippen molar-refractivity contribution >= 4 is 5.69 Å². The highest BCUT2D eigenvalue weighted by Gasteiger charge is 2.24. The standard InChI is InChI=1S/C20H18N2/c21-15-14-19-7-4-16-22(19)20-12-10-18(11-13-20)9-8-17-5-2-1-3-6-17/h1-3,5-6,10-13,19H,4,7,14,16H2/t19-/m0/s1. The van der Waals surface area contributed by atoms with Crippen molar-refractivity contribution < 1.29 is 0 Å². The summed E-state index contributed by atoms with van der Waals surface area (Å²) >= 11 is 0. The molecule has 3 rings (SSSR count). The largest absolute Gasteiger partial charge is 0.368 e. The van der Waals surface area contributed by atoms with Gasteiger partial charge in [0, 0.05) is 29.4 Å². The van der Waals surface area contributed by atoms with Gasteiger partial charge in [-0.2, -0.15) is 5.26 Å². The van der Waals surface area contributed by atoms with Crippen molar-refractivity contribution in [2.24, 2.45) is 0 Å². The van der Waals surface area contributed by atoms with E-state index >= 15 is 0 Å². The monoisotopic (exact) mass is 286 g/mol. The van der Waals surface area contributed by atoms with Crippen LogP contribution in [0.2, 0.25) is 0 Å². The summed E-state index contributed by atoms with van der Waals surface area (Å²) in [5.74, 6) is 6.37. The zero-order chi connectivity index (χ0) is 15.2. The van der Waals surface area contributed by atoms with Crippen molar-refractivity contribution in [3.8, 4) is 17.9 Å². The molecule has 2 heteroatoms. The van der Waals surface area contributed by atoms with E-state index in [1.54, 1.807) is 0 Å². The summed E-state index contributed by atoms with van der Waals surface area (Å²) in [6, 6.07) is 21.0. The predicted octanol–water partition coefficient (Wildman–Crippen LogP) is 3.97. The molecular formula is C20H18N2. The van der Waals surface area contributed by atoms with Gasteiger partial charge in [-0.15, -0.1) is 0 Å². The molecule has 108 valence electrons. The van der Waals surface area contributed by atoms with Gasteiger partial charge in [0.15, 0.2) is 0 Å². The average molecular weight is 286 g/mol. The number of hydrogen-bond donors (Lipinski definition) is 0. The van der Waals surface area contributed by atoms with E-state index in [1.165, 1.54) is 12.1 Å². The topological polar surface area (TPSA) is 27.0 Å². The summed E-state index contributed by atoms with van der Waals surface area (Å²) in [7, 11) is 0. The zero-order valence-corrected chi connectivity index (χ0v) is 12.5. The van der Waals surface area contributed by atoms with Gasteiger partial charge in [-0.25, -0.2) is 0 Å². The first-order chi connectivity index (χ1) is 10.9. The molecule has 0 aliphatic carbocycles. The van der Waals surface area contributed by atoms with Gasteiger partial charge in [-0.05, 0) is 49.2 Å². The SMILES string of the molecule is N#CC[C@@H]1CCCN1c1ccc(C#Cc2ccccc2)cc1. The molecule has 1 atom stereocenters. The van der Waals surface area contributed by atoms with Crippen LogP contribution in [0.4, 0.5) is 5.69 Å². The van der Waals surface area contributed by atoms with Gasteiger partial charge in [-0.3, -0.25) is 0 Å². The maximum absolute atomic E-state index is 8.92. The van der Waals surface area contributed by atoms with Gasteiger partial charge in [-0.1, -0.05) is 30.0 Å². The molecule has 0 spiro atoms. The van der Waals surface area contributed by atoms with Crippen LogP contribution in [0.5, 0.6) is 0 Å². The maximum Gasteiger partial charge on any atom is 0.0643 e. The lowest BCUT2D eigenvalue weighted by Crippen LogP contribution is -2.28. The maximum atomic E-state index is 8.92. The molecule has 0 radical (unpaired) electrons. The van der Waals surface area contributed by atoms with E-state index in [2.05, 4.69) is 47.1 Å². The number of benzene rings is 2. The fourth-order valence-corrected chi connectivity index (χ4v) is 2.90. The lowest BCUT2D eigenvalue weighted by atomic mass is 10.1. The van der Waals surface area contributed by atoms with E-state index in [0.29, 0.717) is 12.5 Å². The molecule has 1 heterocycles. The molecule has 22 heavy (non-hydrogen) atoms. The zero-order valence-electron chi connectivity index (χ0n) is 12.5. The van der Waals surface area contributed by atoms with E-state index in [-0.39, 0.29) is 0 Å². The van der Waals surface area contributed by atoms with Crippen molar-refractivity contribution in [2.75, 3.05) is 11.4 Å². The van der Waals surface area contributed by atoms with Gasteiger partial charge >= 0.3 is 0 Å². The highest BCUT2D eigenvalue weighted by atomic mass is 15.2. The quantitative estimate of drug-likeness (QED) is 0.781. The molecule has 0 bridgehead atoms. The van der Waals surface area contributed by atoms with E-state index in [1.807, 2.05) is 30.3 Å². The van der Waals surface area contributed by atoms with Crippen molar-refractivity contribution in [2.45, 2.75) is 25.3 Å². The second kappa shape index (κ2) is 6.83. The summed E-state index contributed by atoms with van der Waals surface area (Å²) in [6.07, 6.45) is 2.89. The number of nitrogens with zero attached hydrogens (tertiary/aromatic N) is 2. The van der Waals surface area contributed by atoms with Gasteiger partial charge < -0.3 is 4.90 Å². The Kier molecular flexibility index (Phi) is 4.42. The van der Waals surface area contributed by atoms with Crippen LogP contribution in [0.1, 0.15) is 30.4 Å². The molecule has 2 aromatic rings. The Bertz CT molecular complexity index is 714. The Morgan fingerprint density at radius 1 is 0.955 bits per heavy atom. The van der Waals surface area contributed by atoms with E-state index in [4.69, 9.17) is 5.26 Å². The van der Waals surface area contributed by atoms with Gasteiger partial charge in [0.1, 0.15) is 0 Å². The third-order valence-electron chi connectivity index (χ3n) is 4.03. The van der Waals surface area contributed by atoms with Crippen LogP contribution in [0.15, 0.2) is 54.6 Å². The average Bonchev–Trinajstić information content (AvgIpc) is 3.03. The van der Waals surface area contributed by atoms with Crippen LogP contribution in [0.25, 0.3) is 0 Å². The predicted molar refractivity (Wildman–Crippen MR) is 89.5 cm³/mol. The Morgan fingerprint density at radius 2 is 1.64 bits per heavy atom. The van der Waals surface area contributed by atoms with Crippen LogP contribution in [0, 0.1) is 23.2 Å². The molecule has 1 aliphatic rings. The number of nitriles is 1. The summed E-state index contributed by atoms with van der Waals surface area (Å²) in [6.45, 7) is 1.04. The van der Waals surface area contributed by atoms with Crippen molar-refractivity contribution in [3.05, 3.63) is 65.7 Å². The molecule has 0 aromatic heterocycles. The minimum Gasteiger partial charge on any atom is -0.368 e. The minimum atomic E-state index is 0.367.